The lowest BCUT2D eigenvalue weighted by Gasteiger charge is -2.28. The van der Waals surface area contributed by atoms with Crippen LogP contribution in [0.1, 0.15) is 57.3 Å². The maximum Gasteiger partial charge on any atom is 0.423 e. The van der Waals surface area contributed by atoms with E-state index in [0.717, 1.165) is 42.5 Å². The topological polar surface area (TPSA) is 180 Å². The molecule has 0 heterocycles. The fraction of sp³-hybridized carbons (Fsp3) is 0.431. The van der Waals surface area contributed by atoms with Crippen molar-refractivity contribution in [2.45, 2.75) is 87.0 Å². The molecule has 0 aliphatic carbocycles. The van der Waals surface area contributed by atoms with E-state index in [1.807, 2.05) is 0 Å². The first-order chi connectivity index (χ1) is 48.6. The molecule has 0 aliphatic heterocycles. The summed E-state index contributed by atoms with van der Waals surface area (Å²) in [5.74, 6) is 0. The van der Waals surface area contributed by atoms with Gasteiger partial charge < -0.3 is 35.1 Å². The summed E-state index contributed by atoms with van der Waals surface area (Å²) in [4.78, 5) is 9.85. The second kappa shape index (κ2) is 38.3. The molecule has 5 aromatic rings. The molecule has 0 aromatic heterocycles. The fourth-order valence-electron chi connectivity index (χ4n) is 8.27. The molecule has 5 aromatic carbocycles. The van der Waals surface area contributed by atoms with Gasteiger partial charge in [0, 0.05) is 65.3 Å². The normalized spacial score (nSPS) is 12.6. The van der Waals surface area contributed by atoms with Crippen LogP contribution in [0.4, 0.5) is 192 Å². The molecule has 13 nitrogen and oxygen atoms in total. The highest BCUT2D eigenvalue weighted by molar-refractivity contribution is 9.10. The number of nitrogens with one attached hydrogen (secondary N) is 1. The van der Waals surface area contributed by atoms with Crippen LogP contribution in [0, 0.1) is 44.1 Å². The highest BCUT2D eigenvalue weighted by atomic mass is 79.9. The summed E-state index contributed by atoms with van der Waals surface area (Å²) in [6.07, 6.45) is -59.0. The van der Waals surface area contributed by atoms with E-state index in [1.54, 1.807) is 5.32 Å². The van der Waals surface area contributed by atoms with Crippen LogP contribution in [-0.4, -0.2) is 130 Å². The summed E-state index contributed by atoms with van der Waals surface area (Å²) in [6.45, 7) is -14.3. The number of nitriles is 3. The van der Waals surface area contributed by atoms with E-state index >= 15 is 0 Å². The summed E-state index contributed by atoms with van der Waals surface area (Å²) in [5, 5.41) is 55.4. The van der Waals surface area contributed by atoms with E-state index in [-0.39, 0.29) is 58.6 Å². The number of hydrogen-bond donors (Lipinski definition) is 3. The van der Waals surface area contributed by atoms with Crippen molar-refractivity contribution in [1.29, 1.82) is 15.8 Å². The monoisotopic (exact) mass is 1690 g/mol. The maximum atomic E-state index is 13.0. The van der Waals surface area contributed by atoms with Crippen molar-refractivity contribution in [3.05, 3.63) is 150 Å². The summed E-state index contributed by atoms with van der Waals surface area (Å²) in [5.41, 5.74) is -13.5. The van der Waals surface area contributed by atoms with E-state index in [9.17, 15) is 168 Å². The first kappa shape index (κ1) is 96.9. The van der Waals surface area contributed by atoms with Crippen LogP contribution < -0.4 is 24.9 Å². The lowest BCUT2D eigenvalue weighted by atomic mass is 10.1. The number of aliphatic hydroxyl groups excluding tert-OH is 2. The molecule has 5 rings (SSSR count). The standard InChI is InChI=1S/2C13H12F6N2O.C12H7F9N2.C11H7BrF9N.C9H6F6N2O2/c14-12(15,16)8-21(4-1-5-22)10-3-2-9(7-20)11(6-10)13(17,18)19;14-12(15,16)8-21(4-1-5-22)11-3-2-9(7-20)6-10(11)13(17,18)19;13-10(14,15)5-23(6-11(16,17)18)8-2-1-7(4-22)9(3-8)12(19,20)21;12-8-2-1-6(3-7(8)11(19,20)21)22(4-9(13,14)15)5-10(16,17)18;10-8(11,12)4-16-5-1-2-7(17(18)19)6(3-5)9(13,14)15/h2*2-3,6,22H,1,4-5,8H2;1-3H,5-6H2;1-3H,4-5H2;1-3,16H,4H2. The van der Waals surface area contributed by atoms with Gasteiger partial charge in [-0.2, -0.15) is 174 Å². The number of nitro groups is 1. The molecule has 0 radical (unpaired) electrons. The molecule has 0 aliphatic rings. The summed E-state index contributed by atoms with van der Waals surface area (Å²) in [7, 11) is 0. The fourth-order valence-corrected chi connectivity index (χ4v) is 8.75. The van der Waals surface area contributed by atoms with Gasteiger partial charge in [0.2, 0.25) is 0 Å². The van der Waals surface area contributed by atoms with Crippen LogP contribution in [-0.2, 0) is 30.9 Å². The first-order valence-corrected chi connectivity index (χ1v) is 28.9. The van der Waals surface area contributed by atoms with E-state index in [1.165, 1.54) is 18.2 Å². The van der Waals surface area contributed by atoms with Crippen molar-refractivity contribution in [3.8, 4) is 18.2 Å². The minimum atomic E-state index is -5.09. The van der Waals surface area contributed by atoms with Crippen LogP contribution in [0.2, 0.25) is 0 Å². The Kier molecular flexibility index (Phi) is 34.3. The number of halogens is 37. The molecule has 0 saturated carbocycles. The molecular weight excluding hydrogens is 1650 g/mol. The number of rotatable bonds is 19. The molecule has 50 heteroatoms. The number of nitrogens with zero attached hydrogens (tertiary/aromatic N) is 8. The van der Waals surface area contributed by atoms with Gasteiger partial charge in [0.25, 0.3) is 5.69 Å². The third-order valence-electron chi connectivity index (χ3n) is 12.4. The molecular formula is C58H44BrF36N9O4. The summed E-state index contributed by atoms with van der Waals surface area (Å²) < 4.78 is 450. The predicted octanol–water partition coefficient (Wildman–Crippen LogP) is 20.2. The molecule has 3 N–H and O–H groups in total. The second-order valence-corrected chi connectivity index (χ2v) is 21.9. The minimum Gasteiger partial charge on any atom is -0.396 e. The first-order valence-electron chi connectivity index (χ1n) is 28.1. The van der Waals surface area contributed by atoms with Crippen LogP contribution >= 0.6 is 15.9 Å². The van der Waals surface area contributed by atoms with E-state index in [2.05, 4.69) is 15.9 Å². The van der Waals surface area contributed by atoms with Crippen molar-refractivity contribution in [2.75, 3.05) is 97.0 Å². The number of benzene rings is 5. The van der Waals surface area contributed by atoms with Crippen molar-refractivity contribution in [3.63, 3.8) is 0 Å². The smallest absolute Gasteiger partial charge is 0.396 e. The highest BCUT2D eigenvalue weighted by Gasteiger charge is 2.45. The lowest BCUT2D eigenvalue weighted by Crippen LogP contribution is -2.40. The quantitative estimate of drug-likeness (QED) is 0.0405. The Bertz CT molecular complexity index is 3800. The Morgan fingerprint density at radius 3 is 1.04 bits per heavy atom. The Morgan fingerprint density at radius 2 is 0.713 bits per heavy atom. The average Bonchev–Trinajstić information content (AvgIpc) is 0.927. The molecule has 0 saturated heterocycles. The Morgan fingerprint density at radius 1 is 0.380 bits per heavy atom. The van der Waals surface area contributed by atoms with Crippen molar-refractivity contribution >= 4 is 50.1 Å². The molecule has 108 heavy (non-hydrogen) atoms. The Hall–Kier alpha value is -9.15. The van der Waals surface area contributed by atoms with Gasteiger partial charge in [0.05, 0.1) is 62.1 Å². The Balaban J connectivity index is 0.000000676. The molecule has 0 unspecified atom stereocenters. The molecule has 0 atom stereocenters. The zero-order valence-corrected chi connectivity index (χ0v) is 54.2. The number of hydrogen-bond acceptors (Lipinski definition) is 12. The number of aliphatic hydroxyl groups is 2. The third kappa shape index (κ3) is 36.6. The Labute approximate surface area is 590 Å². The van der Waals surface area contributed by atoms with E-state index in [0.29, 0.717) is 40.1 Å². The zero-order valence-electron chi connectivity index (χ0n) is 52.6. The van der Waals surface area contributed by atoms with Crippen LogP contribution in [0.25, 0.3) is 0 Å². The van der Waals surface area contributed by atoms with Gasteiger partial charge in [-0.15, -0.1) is 0 Å². The zero-order chi connectivity index (χ0) is 84.2. The van der Waals surface area contributed by atoms with Crippen LogP contribution in [0.3, 0.4) is 0 Å². The molecule has 0 fully saturated rings. The van der Waals surface area contributed by atoms with Gasteiger partial charge in [-0.3, -0.25) is 10.1 Å². The summed E-state index contributed by atoms with van der Waals surface area (Å²) in [6, 6.07) is 13.3. The van der Waals surface area contributed by atoms with E-state index < -0.39 is 216 Å². The van der Waals surface area contributed by atoms with Gasteiger partial charge in [0.15, 0.2) is 0 Å². The molecule has 0 amide bonds. The van der Waals surface area contributed by atoms with Crippen molar-refractivity contribution in [1.82, 2.24) is 0 Å². The number of alkyl halides is 36. The largest absolute Gasteiger partial charge is 0.423 e. The average molecular weight is 1690 g/mol. The van der Waals surface area contributed by atoms with Gasteiger partial charge in [-0.05, 0) is 97.8 Å². The van der Waals surface area contributed by atoms with Crippen LogP contribution in [0.5, 0.6) is 0 Å². The van der Waals surface area contributed by atoms with Gasteiger partial charge in [0.1, 0.15) is 51.4 Å². The van der Waals surface area contributed by atoms with Gasteiger partial charge >= 0.3 is 74.1 Å². The van der Waals surface area contributed by atoms with Crippen molar-refractivity contribution < 1.29 is 173 Å². The summed E-state index contributed by atoms with van der Waals surface area (Å²) >= 11 is 2.56. The van der Waals surface area contributed by atoms with Crippen LogP contribution in [0.15, 0.2) is 95.5 Å². The van der Waals surface area contributed by atoms with Gasteiger partial charge in [-0.25, -0.2) is 0 Å². The van der Waals surface area contributed by atoms with E-state index in [4.69, 9.17) is 26.0 Å². The molecule has 0 bridgehead atoms. The predicted molar refractivity (Wildman–Crippen MR) is 309 cm³/mol. The number of nitro benzene ring substituents is 1. The van der Waals surface area contributed by atoms with Crippen molar-refractivity contribution in [2.24, 2.45) is 0 Å². The third-order valence-corrected chi connectivity index (χ3v) is 13.1. The highest BCUT2D eigenvalue weighted by Crippen LogP contribution is 2.43. The minimum absolute atomic E-state index is 0.0303. The molecule has 604 valence electrons. The molecule has 0 spiro atoms. The SMILES string of the molecule is FC(F)(F)CN(CC(F)(F)F)c1ccc(Br)c(C(F)(F)F)c1.N#Cc1ccc(N(CC(F)(F)F)CC(F)(F)F)cc1C(F)(F)F.N#Cc1ccc(N(CCCO)CC(F)(F)F)c(C(F)(F)F)c1.N#Cc1ccc(N(CCCO)CC(F)(F)F)cc1C(F)(F)F.O=[N+]([O-])c1ccc(NCC(F)(F)F)cc1C(F)(F)F. The van der Waals surface area contributed by atoms with Gasteiger partial charge in [-0.1, -0.05) is 15.9 Å². The number of anilines is 5. The maximum absolute atomic E-state index is 13.0. The lowest BCUT2D eigenvalue weighted by molar-refractivity contribution is -0.388. The second-order valence-electron chi connectivity index (χ2n) is 21.0.